The van der Waals surface area contributed by atoms with Crippen LogP contribution in [0.15, 0.2) is 54.9 Å². The molecule has 37 heavy (non-hydrogen) atoms. The summed E-state index contributed by atoms with van der Waals surface area (Å²) in [6, 6.07) is 13.3. The van der Waals surface area contributed by atoms with Crippen LogP contribution in [0.5, 0.6) is 5.75 Å². The Hall–Kier alpha value is -3.41. The Morgan fingerprint density at radius 1 is 1.03 bits per heavy atom. The Morgan fingerprint density at radius 2 is 1.76 bits per heavy atom. The Balaban J connectivity index is 0.000000244. The molecule has 3 aromatic rings. The number of rotatable bonds is 6. The van der Waals surface area contributed by atoms with Crippen molar-refractivity contribution in [2.24, 2.45) is 11.3 Å². The van der Waals surface area contributed by atoms with Gasteiger partial charge in [0.25, 0.3) is 0 Å². The summed E-state index contributed by atoms with van der Waals surface area (Å²) in [5.41, 5.74) is 3.02. The smallest absolute Gasteiger partial charge is 0.335 e. The second-order valence-corrected chi connectivity index (χ2v) is 11.2. The molecule has 1 aliphatic carbocycles. The minimum absolute atomic E-state index is 0.0635. The first-order chi connectivity index (χ1) is 17.6. The molecular formula is C31H40N2O4. The third kappa shape index (κ3) is 8.59. The van der Waals surface area contributed by atoms with Crippen LogP contribution in [0, 0.1) is 18.3 Å². The van der Waals surface area contributed by atoms with Gasteiger partial charge >= 0.3 is 5.97 Å². The maximum atomic E-state index is 12.0. The fourth-order valence-electron chi connectivity index (χ4n) is 4.87. The van der Waals surface area contributed by atoms with E-state index < -0.39 is 5.97 Å². The van der Waals surface area contributed by atoms with Crippen LogP contribution in [0.1, 0.15) is 80.3 Å². The molecule has 1 amide bonds. The van der Waals surface area contributed by atoms with Crippen molar-refractivity contribution in [3.05, 3.63) is 71.5 Å². The van der Waals surface area contributed by atoms with Gasteiger partial charge < -0.3 is 15.2 Å². The van der Waals surface area contributed by atoms with Gasteiger partial charge in [-0.2, -0.15) is 0 Å². The van der Waals surface area contributed by atoms with E-state index in [0.29, 0.717) is 23.8 Å². The first kappa shape index (κ1) is 28.2. The molecule has 1 aromatic heterocycles. The predicted molar refractivity (Wildman–Crippen MR) is 148 cm³/mol. The number of hydrogen-bond donors (Lipinski definition) is 2. The van der Waals surface area contributed by atoms with Crippen LogP contribution in [0.25, 0.3) is 10.8 Å². The number of nitrogens with zero attached hydrogens (tertiary/aromatic N) is 1. The van der Waals surface area contributed by atoms with Gasteiger partial charge in [0.1, 0.15) is 5.75 Å². The number of nitrogens with one attached hydrogen (secondary N) is 1. The maximum Gasteiger partial charge on any atom is 0.335 e. The first-order valence-electron chi connectivity index (χ1n) is 13.0. The van der Waals surface area contributed by atoms with Crippen molar-refractivity contribution >= 4 is 22.6 Å². The van der Waals surface area contributed by atoms with Gasteiger partial charge in [-0.3, -0.25) is 9.78 Å². The van der Waals surface area contributed by atoms with Gasteiger partial charge in [-0.25, -0.2) is 4.79 Å². The number of carbonyl (C=O) groups excluding carboxylic acids is 1. The van der Waals surface area contributed by atoms with E-state index >= 15 is 0 Å². The lowest BCUT2D eigenvalue weighted by atomic mass is 9.78. The van der Waals surface area contributed by atoms with Crippen molar-refractivity contribution in [2.75, 3.05) is 13.7 Å². The van der Waals surface area contributed by atoms with Crippen molar-refractivity contribution in [1.82, 2.24) is 10.3 Å². The molecule has 1 aliphatic rings. The van der Waals surface area contributed by atoms with E-state index in [4.69, 9.17) is 9.84 Å². The summed E-state index contributed by atoms with van der Waals surface area (Å²) in [6.45, 7) is 9.26. The van der Waals surface area contributed by atoms with E-state index in [1.165, 1.54) is 36.8 Å². The number of aryl methyl sites for hydroxylation is 1. The van der Waals surface area contributed by atoms with E-state index in [0.717, 1.165) is 23.1 Å². The number of ether oxygens (including phenoxy) is 1. The summed E-state index contributed by atoms with van der Waals surface area (Å²) in [5.74, 6) is 1.53. The number of carboxylic acid groups (broad SMARTS) is 1. The molecule has 0 atom stereocenters. The maximum absolute atomic E-state index is 12.0. The summed E-state index contributed by atoms with van der Waals surface area (Å²) < 4.78 is 5.35. The first-order valence-corrected chi connectivity index (χ1v) is 13.0. The molecule has 0 unspecified atom stereocenters. The summed E-state index contributed by atoms with van der Waals surface area (Å²) in [5, 5.41) is 13.7. The van der Waals surface area contributed by atoms with Crippen LogP contribution in [-0.2, 0) is 4.79 Å². The zero-order chi connectivity index (χ0) is 27.0. The van der Waals surface area contributed by atoms with E-state index in [2.05, 4.69) is 56.2 Å². The summed E-state index contributed by atoms with van der Waals surface area (Å²) in [4.78, 5) is 26.5. The molecule has 198 valence electrons. The van der Waals surface area contributed by atoms with Gasteiger partial charge in [-0.05, 0) is 90.6 Å². The second-order valence-electron chi connectivity index (χ2n) is 11.2. The van der Waals surface area contributed by atoms with Gasteiger partial charge in [0.2, 0.25) is 5.91 Å². The summed E-state index contributed by atoms with van der Waals surface area (Å²) in [6.07, 6.45) is 8.79. The van der Waals surface area contributed by atoms with Gasteiger partial charge in [-0.15, -0.1) is 0 Å². The largest absolute Gasteiger partial charge is 0.496 e. The molecule has 2 aromatic carbocycles. The number of methoxy groups -OCH3 is 1. The number of carboxylic acids is 1. The summed E-state index contributed by atoms with van der Waals surface area (Å²) in [7, 11) is 1.72. The molecule has 4 rings (SSSR count). The van der Waals surface area contributed by atoms with Crippen molar-refractivity contribution < 1.29 is 19.4 Å². The number of fused-ring (bicyclic) bond motifs is 1. The average molecular weight is 505 g/mol. The molecule has 0 spiro atoms. The Bertz CT molecular complexity index is 1210. The zero-order valence-electron chi connectivity index (χ0n) is 22.7. The Labute approximate surface area is 220 Å². The highest BCUT2D eigenvalue weighted by Gasteiger charge is 2.24. The SMILES string of the molecule is COc1ccc([C@H]2CC[C@H](CNC(=O)CC(C)(C)C)CC2)cc1C.O=C(O)c1ccc2cnccc2c1. The van der Waals surface area contributed by atoms with Crippen LogP contribution < -0.4 is 10.1 Å². The van der Waals surface area contributed by atoms with Crippen molar-refractivity contribution in [3.63, 3.8) is 0 Å². The minimum Gasteiger partial charge on any atom is -0.496 e. The van der Waals surface area contributed by atoms with E-state index in [9.17, 15) is 9.59 Å². The lowest BCUT2D eigenvalue weighted by molar-refractivity contribution is -0.123. The van der Waals surface area contributed by atoms with Crippen LogP contribution in [0.2, 0.25) is 0 Å². The zero-order valence-corrected chi connectivity index (χ0v) is 22.7. The fourth-order valence-corrected chi connectivity index (χ4v) is 4.87. The molecule has 6 heteroatoms. The van der Waals surface area contributed by atoms with Gasteiger partial charge in [0.15, 0.2) is 0 Å². The number of aromatic nitrogens is 1. The van der Waals surface area contributed by atoms with Crippen LogP contribution in [-0.4, -0.2) is 35.6 Å². The van der Waals surface area contributed by atoms with Crippen molar-refractivity contribution in [2.45, 2.75) is 65.7 Å². The molecule has 0 aliphatic heterocycles. The molecule has 2 N–H and O–H groups in total. The van der Waals surface area contributed by atoms with E-state index in [1.807, 2.05) is 0 Å². The third-order valence-corrected chi connectivity index (χ3v) is 6.90. The highest BCUT2D eigenvalue weighted by atomic mass is 16.5. The monoisotopic (exact) mass is 504 g/mol. The van der Waals surface area contributed by atoms with E-state index in [-0.39, 0.29) is 11.3 Å². The topological polar surface area (TPSA) is 88.5 Å². The van der Waals surface area contributed by atoms with E-state index in [1.54, 1.807) is 43.8 Å². The number of benzene rings is 2. The van der Waals surface area contributed by atoms with Crippen LogP contribution in [0.3, 0.4) is 0 Å². The number of amides is 1. The summed E-state index contributed by atoms with van der Waals surface area (Å²) >= 11 is 0. The molecular weight excluding hydrogens is 464 g/mol. The second kappa shape index (κ2) is 12.7. The number of pyridine rings is 1. The lowest BCUT2D eigenvalue weighted by Crippen LogP contribution is -2.33. The molecule has 0 saturated heterocycles. The third-order valence-electron chi connectivity index (χ3n) is 6.90. The van der Waals surface area contributed by atoms with Crippen molar-refractivity contribution in [3.8, 4) is 5.75 Å². The standard InChI is InChI=1S/C21H33NO2.C10H7NO2/c1-15-12-18(10-11-19(15)24-5)17-8-6-16(7-9-17)14-22-20(23)13-21(2,3)4;12-10(13)8-1-2-9-6-11-4-3-7(9)5-8/h10-12,16-17H,6-9,13-14H2,1-5H3,(H,22,23);1-6H,(H,12,13)/t16-,17-;. The van der Waals surface area contributed by atoms with Gasteiger partial charge in [-0.1, -0.05) is 39.0 Å². The van der Waals surface area contributed by atoms with Gasteiger partial charge in [0, 0.05) is 30.7 Å². The highest BCUT2D eigenvalue weighted by Crippen LogP contribution is 2.37. The normalized spacial score (nSPS) is 17.4. The van der Waals surface area contributed by atoms with Crippen LogP contribution >= 0.6 is 0 Å². The number of carbonyl (C=O) groups is 2. The average Bonchev–Trinajstić information content (AvgIpc) is 2.87. The van der Waals surface area contributed by atoms with Crippen LogP contribution in [0.4, 0.5) is 0 Å². The lowest BCUT2D eigenvalue weighted by Gasteiger charge is -2.29. The number of hydrogen-bond acceptors (Lipinski definition) is 4. The molecule has 0 bridgehead atoms. The molecule has 1 fully saturated rings. The highest BCUT2D eigenvalue weighted by molar-refractivity contribution is 5.94. The minimum atomic E-state index is -0.904. The molecule has 1 saturated carbocycles. The molecule has 6 nitrogen and oxygen atoms in total. The fraction of sp³-hybridized carbons (Fsp3) is 0.452. The number of aromatic carboxylic acids is 1. The molecule has 0 radical (unpaired) electrons. The van der Waals surface area contributed by atoms with Gasteiger partial charge in [0.05, 0.1) is 12.7 Å². The molecule has 1 heterocycles. The Kier molecular flexibility index (Phi) is 9.67. The Morgan fingerprint density at radius 3 is 2.38 bits per heavy atom. The van der Waals surface area contributed by atoms with Crippen molar-refractivity contribution in [1.29, 1.82) is 0 Å². The predicted octanol–water partition coefficient (Wildman–Crippen LogP) is 6.76. The quantitative estimate of drug-likeness (QED) is 0.387.